The zero-order chi connectivity index (χ0) is 15.8. The molecule has 0 aliphatic heterocycles. The van der Waals surface area contributed by atoms with Crippen LogP contribution in [0.2, 0.25) is 0 Å². The summed E-state index contributed by atoms with van der Waals surface area (Å²) in [4.78, 5) is 19.2. The molecular formula is C15H9N5O3. The van der Waals surface area contributed by atoms with Gasteiger partial charge in [0, 0.05) is 11.8 Å². The van der Waals surface area contributed by atoms with Gasteiger partial charge >= 0.3 is 5.97 Å². The molecule has 1 N–H and O–H groups in total. The quantitative estimate of drug-likeness (QED) is 0.618. The largest absolute Gasteiger partial charge is 0.477 e. The molecule has 0 bridgehead atoms. The topological polar surface area (TPSA) is 107 Å². The van der Waals surface area contributed by atoms with Crippen LogP contribution in [0.25, 0.3) is 28.2 Å². The van der Waals surface area contributed by atoms with Crippen molar-refractivity contribution in [3.05, 3.63) is 54.9 Å². The number of pyridine rings is 1. The van der Waals surface area contributed by atoms with Crippen LogP contribution in [0.1, 0.15) is 10.5 Å². The van der Waals surface area contributed by atoms with Gasteiger partial charge in [-0.25, -0.2) is 14.8 Å². The summed E-state index contributed by atoms with van der Waals surface area (Å²) in [5.74, 6) is -0.760. The number of aromatic carboxylic acids is 1. The van der Waals surface area contributed by atoms with Gasteiger partial charge in [0.1, 0.15) is 23.9 Å². The summed E-state index contributed by atoms with van der Waals surface area (Å²) in [5, 5.41) is 16.5. The van der Waals surface area contributed by atoms with Crippen molar-refractivity contribution in [1.29, 1.82) is 0 Å². The van der Waals surface area contributed by atoms with E-state index < -0.39 is 5.97 Å². The third-order valence-corrected chi connectivity index (χ3v) is 3.31. The van der Waals surface area contributed by atoms with Crippen LogP contribution in [0.5, 0.6) is 0 Å². The third-order valence-electron chi connectivity index (χ3n) is 3.31. The summed E-state index contributed by atoms with van der Waals surface area (Å²) in [7, 11) is 0. The van der Waals surface area contributed by atoms with Crippen LogP contribution in [-0.4, -0.2) is 35.8 Å². The lowest BCUT2D eigenvalue weighted by Gasteiger charge is -1.98. The average molecular weight is 307 g/mol. The summed E-state index contributed by atoms with van der Waals surface area (Å²) >= 11 is 0. The molecule has 4 rings (SSSR count). The lowest BCUT2D eigenvalue weighted by Crippen LogP contribution is -1.99. The number of hydrogen-bond donors (Lipinski definition) is 1. The number of carboxylic acid groups (broad SMARTS) is 1. The smallest absolute Gasteiger partial charge is 0.354 e. The van der Waals surface area contributed by atoms with Crippen LogP contribution in [0, 0.1) is 0 Å². The number of oxazole rings is 1. The Balaban J connectivity index is 1.80. The highest BCUT2D eigenvalue weighted by Crippen LogP contribution is 2.26. The van der Waals surface area contributed by atoms with Crippen LogP contribution in [0.15, 0.2) is 53.6 Å². The SMILES string of the molecule is O=C(O)c1cc(-c2nc3cc(-n4cnnc4)ccc3o2)ccn1. The fourth-order valence-electron chi connectivity index (χ4n) is 2.21. The summed E-state index contributed by atoms with van der Waals surface area (Å²) in [6, 6.07) is 8.56. The van der Waals surface area contributed by atoms with E-state index in [1.165, 1.54) is 12.3 Å². The molecule has 0 amide bonds. The van der Waals surface area contributed by atoms with Gasteiger partial charge in [-0.2, -0.15) is 0 Å². The van der Waals surface area contributed by atoms with Gasteiger partial charge < -0.3 is 9.52 Å². The molecular weight excluding hydrogens is 298 g/mol. The predicted octanol–water partition coefficient (Wildman–Crippen LogP) is 2.17. The molecule has 0 unspecified atom stereocenters. The summed E-state index contributed by atoms with van der Waals surface area (Å²) in [6.07, 6.45) is 4.59. The molecule has 0 atom stereocenters. The Bertz CT molecular complexity index is 1010. The van der Waals surface area contributed by atoms with Gasteiger partial charge in [0.05, 0.1) is 5.69 Å². The molecule has 112 valence electrons. The van der Waals surface area contributed by atoms with Gasteiger partial charge in [-0.3, -0.25) is 4.57 Å². The Morgan fingerprint density at radius 2 is 1.96 bits per heavy atom. The number of benzene rings is 1. The first kappa shape index (κ1) is 13.1. The monoisotopic (exact) mass is 307 g/mol. The van der Waals surface area contributed by atoms with Gasteiger partial charge in [-0.15, -0.1) is 10.2 Å². The molecule has 8 heteroatoms. The van der Waals surface area contributed by atoms with Crippen molar-refractivity contribution in [1.82, 2.24) is 24.7 Å². The summed E-state index contributed by atoms with van der Waals surface area (Å²) in [6.45, 7) is 0. The third kappa shape index (κ3) is 2.31. The zero-order valence-electron chi connectivity index (χ0n) is 11.6. The van der Waals surface area contributed by atoms with E-state index in [4.69, 9.17) is 9.52 Å². The molecule has 23 heavy (non-hydrogen) atoms. The van der Waals surface area contributed by atoms with Crippen LogP contribution in [0.4, 0.5) is 0 Å². The van der Waals surface area contributed by atoms with Crippen LogP contribution >= 0.6 is 0 Å². The Labute approximate surface area is 129 Å². The Hall–Kier alpha value is -3.55. The Kier molecular flexibility index (Phi) is 2.87. The van der Waals surface area contributed by atoms with Crippen molar-refractivity contribution in [3.8, 4) is 17.1 Å². The Morgan fingerprint density at radius 1 is 1.13 bits per heavy atom. The number of nitrogens with zero attached hydrogens (tertiary/aromatic N) is 5. The Morgan fingerprint density at radius 3 is 2.74 bits per heavy atom. The van der Waals surface area contributed by atoms with Gasteiger partial charge in [0.25, 0.3) is 0 Å². The first-order valence-electron chi connectivity index (χ1n) is 6.66. The van der Waals surface area contributed by atoms with E-state index in [-0.39, 0.29) is 5.69 Å². The highest BCUT2D eigenvalue weighted by Gasteiger charge is 2.12. The summed E-state index contributed by atoms with van der Waals surface area (Å²) < 4.78 is 7.44. The summed E-state index contributed by atoms with van der Waals surface area (Å²) in [5.41, 5.74) is 2.60. The molecule has 0 spiro atoms. The number of carboxylic acids is 1. The normalized spacial score (nSPS) is 11.0. The highest BCUT2D eigenvalue weighted by atomic mass is 16.4. The number of aromatic nitrogens is 5. The van der Waals surface area contributed by atoms with Gasteiger partial charge in [0.15, 0.2) is 5.58 Å². The lowest BCUT2D eigenvalue weighted by molar-refractivity contribution is 0.0690. The minimum atomic E-state index is -1.10. The minimum Gasteiger partial charge on any atom is -0.477 e. The molecule has 0 aliphatic carbocycles. The van der Waals surface area contributed by atoms with E-state index in [2.05, 4.69) is 20.2 Å². The van der Waals surface area contributed by atoms with E-state index in [0.717, 1.165) is 5.69 Å². The molecule has 0 saturated carbocycles. The van der Waals surface area contributed by atoms with Crippen molar-refractivity contribution in [2.75, 3.05) is 0 Å². The first-order chi connectivity index (χ1) is 11.2. The van der Waals surface area contributed by atoms with Gasteiger partial charge in [0.2, 0.25) is 5.89 Å². The van der Waals surface area contributed by atoms with Crippen LogP contribution < -0.4 is 0 Å². The fraction of sp³-hybridized carbons (Fsp3) is 0. The van der Waals surface area contributed by atoms with E-state index in [0.29, 0.717) is 22.6 Å². The number of carbonyl (C=O) groups is 1. The van der Waals surface area contributed by atoms with Crippen LogP contribution in [-0.2, 0) is 0 Å². The fourth-order valence-corrected chi connectivity index (χ4v) is 2.21. The first-order valence-corrected chi connectivity index (χ1v) is 6.66. The molecule has 3 aromatic heterocycles. The number of hydrogen-bond acceptors (Lipinski definition) is 6. The van der Waals surface area contributed by atoms with Crippen molar-refractivity contribution in [2.24, 2.45) is 0 Å². The highest BCUT2D eigenvalue weighted by molar-refractivity contribution is 5.87. The molecule has 8 nitrogen and oxygen atoms in total. The molecule has 0 radical (unpaired) electrons. The standard InChI is InChI=1S/C15H9N5O3/c21-15(22)12-5-9(3-4-16-12)14-19-11-6-10(1-2-13(11)23-14)20-7-17-18-8-20/h1-8H,(H,21,22). The molecule has 0 aliphatic rings. The number of fused-ring (bicyclic) bond motifs is 1. The van der Waals surface area contributed by atoms with Gasteiger partial charge in [-0.05, 0) is 30.3 Å². The predicted molar refractivity (Wildman–Crippen MR) is 79.1 cm³/mol. The van der Waals surface area contributed by atoms with E-state index in [1.54, 1.807) is 29.4 Å². The maximum atomic E-state index is 11.0. The average Bonchev–Trinajstić information content (AvgIpc) is 3.23. The molecule has 1 aromatic carbocycles. The van der Waals surface area contributed by atoms with Crippen LogP contribution in [0.3, 0.4) is 0 Å². The van der Waals surface area contributed by atoms with E-state index >= 15 is 0 Å². The second-order valence-corrected chi connectivity index (χ2v) is 4.78. The second-order valence-electron chi connectivity index (χ2n) is 4.78. The molecule has 0 fully saturated rings. The van der Waals surface area contributed by atoms with Crippen molar-refractivity contribution in [3.63, 3.8) is 0 Å². The zero-order valence-corrected chi connectivity index (χ0v) is 11.6. The van der Waals surface area contributed by atoms with E-state index in [9.17, 15) is 4.79 Å². The van der Waals surface area contributed by atoms with E-state index in [1.807, 2.05) is 12.1 Å². The molecule has 3 heterocycles. The lowest BCUT2D eigenvalue weighted by atomic mass is 10.2. The second kappa shape index (κ2) is 5.02. The minimum absolute atomic E-state index is 0.0602. The number of rotatable bonds is 3. The maximum Gasteiger partial charge on any atom is 0.354 e. The maximum absolute atomic E-state index is 11.0. The molecule has 4 aromatic rings. The van der Waals surface area contributed by atoms with Gasteiger partial charge in [-0.1, -0.05) is 0 Å². The van der Waals surface area contributed by atoms with Crippen molar-refractivity contribution in [2.45, 2.75) is 0 Å². The van der Waals surface area contributed by atoms with Crippen molar-refractivity contribution >= 4 is 17.1 Å². The van der Waals surface area contributed by atoms with Crippen molar-refractivity contribution < 1.29 is 14.3 Å². The molecule has 0 saturated heterocycles.